The Morgan fingerprint density at radius 3 is 2.59 bits per heavy atom. The first-order chi connectivity index (χ1) is 17.6. The summed E-state index contributed by atoms with van der Waals surface area (Å²) in [5.74, 6) is 1.11. The van der Waals surface area contributed by atoms with Crippen LogP contribution in [0, 0.1) is 25.6 Å². The normalized spacial score (nSPS) is 15.1. The summed E-state index contributed by atoms with van der Waals surface area (Å²) < 4.78 is 21.7. The number of aromatic amines is 1. The Hall–Kier alpha value is -3.42. The van der Waals surface area contributed by atoms with Crippen LogP contribution in [-0.2, 0) is 11.3 Å². The Kier molecular flexibility index (Phi) is 6.68. The first-order valence-corrected chi connectivity index (χ1v) is 13.2. The molecule has 5 rings (SSSR count). The van der Waals surface area contributed by atoms with Gasteiger partial charge in [-0.1, -0.05) is 0 Å². The minimum Gasteiger partial charge on any atom is -0.444 e. The van der Waals surface area contributed by atoms with Gasteiger partial charge in [-0.15, -0.1) is 0 Å². The second-order valence-electron chi connectivity index (χ2n) is 11.3. The molecule has 0 atom stereocenters. The molecule has 1 amide bonds. The van der Waals surface area contributed by atoms with Crippen molar-refractivity contribution in [3.05, 3.63) is 47.5 Å². The van der Waals surface area contributed by atoms with Crippen LogP contribution >= 0.6 is 0 Å². The molecule has 3 heterocycles. The van der Waals surface area contributed by atoms with E-state index in [0.717, 1.165) is 78.8 Å². The lowest BCUT2D eigenvalue weighted by atomic mass is 9.92. The maximum atomic E-state index is 14.0. The molecule has 4 aromatic rings. The number of rotatable bonds is 5. The lowest BCUT2D eigenvalue weighted by molar-refractivity contribution is 0.0180. The van der Waals surface area contributed by atoms with E-state index in [0.29, 0.717) is 17.0 Å². The molecule has 0 radical (unpaired) electrons. The Morgan fingerprint density at radius 2 is 1.86 bits per heavy atom. The van der Waals surface area contributed by atoms with Gasteiger partial charge < -0.3 is 19.2 Å². The quantitative estimate of drug-likeness (QED) is 0.325. The van der Waals surface area contributed by atoms with E-state index in [-0.39, 0.29) is 11.9 Å². The number of halogens is 1. The maximum absolute atomic E-state index is 14.0. The zero-order valence-corrected chi connectivity index (χ0v) is 22.4. The van der Waals surface area contributed by atoms with Gasteiger partial charge in [0.25, 0.3) is 0 Å². The van der Waals surface area contributed by atoms with Crippen LogP contribution in [0.25, 0.3) is 33.5 Å². The molecule has 0 saturated carbocycles. The van der Waals surface area contributed by atoms with Crippen molar-refractivity contribution >= 4 is 28.2 Å². The number of piperidine rings is 1. The topological polar surface area (TPSA) is 76.0 Å². The molecule has 2 aromatic carbocycles. The predicted octanol–water partition coefficient (Wildman–Crippen LogP) is 6.76. The second-order valence-corrected chi connectivity index (χ2v) is 11.3. The average molecular weight is 506 g/mol. The molecule has 1 aliphatic rings. The fourth-order valence-electron chi connectivity index (χ4n) is 5.30. The van der Waals surface area contributed by atoms with Crippen molar-refractivity contribution in [2.75, 3.05) is 13.1 Å². The number of fused-ring (bicyclic) bond motifs is 2. The van der Waals surface area contributed by atoms with Crippen molar-refractivity contribution < 1.29 is 13.9 Å². The van der Waals surface area contributed by atoms with Crippen LogP contribution in [0.2, 0.25) is 0 Å². The first kappa shape index (κ1) is 25.2. The van der Waals surface area contributed by atoms with Gasteiger partial charge in [0.1, 0.15) is 17.2 Å². The highest BCUT2D eigenvalue weighted by Crippen LogP contribution is 2.31. The molecule has 0 aliphatic carbocycles. The van der Waals surface area contributed by atoms with Gasteiger partial charge in [0.05, 0.1) is 28.4 Å². The number of aryl methyl sites for hydroxylation is 3. The van der Waals surface area contributed by atoms with Crippen molar-refractivity contribution in [3.8, 4) is 11.4 Å². The van der Waals surface area contributed by atoms with Crippen LogP contribution in [0.3, 0.4) is 0 Å². The molecule has 196 valence electrons. The molecule has 1 N–H and O–H groups in total. The number of carbonyl (C=O) groups is 1. The largest absolute Gasteiger partial charge is 0.444 e. The van der Waals surface area contributed by atoms with E-state index in [9.17, 15) is 9.18 Å². The van der Waals surface area contributed by atoms with Crippen LogP contribution in [0.1, 0.15) is 57.6 Å². The van der Waals surface area contributed by atoms with Crippen molar-refractivity contribution in [2.24, 2.45) is 5.92 Å². The number of hydrogen-bond acceptors (Lipinski definition) is 4. The fourth-order valence-corrected chi connectivity index (χ4v) is 5.30. The van der Waals surface area contributed by atoms with E-state index < -0.39 is 5.60 Å². The Labute approximate surface area is 217 Å². The third-order valence-electron chi connectivity index (χ3n) is 7.42. The van der Waals surface area contributed by atoms with E-state index in [4.69, 9.17) is 14.7 Å². The number of nitrogens with zero attached hydrogens (tertiary/aromatic N) is 4. The van der Waals surface area contributed by atoms with E-state index in [1.54, 1.807) is 13.0 Å². The van der Waals surface area contributed by atoms with E-state index in [2.05, 4.69) is 28.6 Å². The monoisotopic (exact) mass is 505 g/mol. The molecule has 2 aromatic heterocycles. The summed E-state index contributed by atoms with van der Waals surface area (Å²) >= 11 is 0. The first-order valence-electron chi connectivity index (χ1n) is 13.2. The Morgan fingerprint density at radius 1 is 1.11 bits per heavy atom. The third-order valence-corrected chi connectivity index (χ3v) is 7.42. The van der Waals surface area contributed by atoms with Gasteiger partial charge >= 0.3 is 6.09 Å². The van der Waals surface area contributed by atoms with Gasteiger partial charge in [0, 0.05) is 30.8 Å². The standard InChI is InChI=1S/C29H36FN5O2/c1-18-21(27-32-23-10-9-22(30)19(2)25(23)33-27)8-11-24-26(18)31-17-35(24)14-6-7-20-12-15-34(16-13-20)28(36)37-29(3,4)5/h8-11,17,20H,6-7,12-16H2,1-5H3,(H,32,33). The smallest absolute Gasteiger partial charge is 0.410 e. The molecule has 0 spiro atoms. The van der Waals surface area contributed by atoms with Crippen LogP contribution in [0.15, 0.2) is 30.6 Å². The van der Waals surface area contributed by atoms with Crippen molar-refractivity contribution in [2.45, 2.75) is 72.4 Å². The lowest BCUT2D eigenvalue weighted by Crippen LogP contribution is -2.41. The number of likely N-dealkylation sites (tertiary alicyclic amines) is 1. The molecule has 8 heteroatoms. The van der Waals surface area contributed by atoms with Crippen LogP contribution in [0.5, 0.6) is 0 Å². The highest BCUT2D eigenvalue weighted by atomic mass is 19.1. The molecular weight excluding hydrogens is 469 g/mol. The number of ether oxygens (including phenoxy) is 1. The summed E-state index contributed by atoms with van der Waals surface area (Å²) in [6.07, 6.45) is 5.96. The summed E-state index contributed by atoms with van der Waals surface area (Å²) in [5.41, 5.74) is 5.70. The van der Waals surface area contributed by atoms with Crippen LogP contribution in [-0.4, -0.2) is 49.2 Å². The van der Waals surface area contributed by atoms with Crippen molar-refractivity contribution in [1.82, 2.24) is 24.4 Å². The summed E-state index contributed by atoms with van der Waals surface area (Å²) in [7, 11) is 0. The number of H-pyrrole nitrogens is 1. The molecule has 1 fully saturated rings. The van der Waals surface area contributed by atoms with Gasteiger partial charge in [-0.3, -0.25) is 0 Å². The highest BCUT2D eigenvalue weighted by Gasteiger charge is 2.26. The number of aromatic nitrogens is 4. The number of imidazole rings is 2. The molecule has 7 nitrogen and oxygen atoms in total. The molecule has 1 saturated heterocycles. The number of carbonyl (C=O) groups excluding carboxylic acids is 1. The van der Waals surface area contributed by atoms with Gasteiger partial charge in [0.15, 0.2) is 0 Å². The molecule has 0 unspecified atom stereocenters. The van der Waals surface area contributed by atoms with Gasteiger partial charge in [-0.05, 0) is 96.0 Å². The molecular formula is C29H36FN5O2. The summed E-state index contributed by atoms with van der Waals surface area (Å²) in [5, 5.41) is 0. The van der Waals surface area contributed by atoms with E-state index >= 15 is 0 Å². The minimum absolute atomic E-state index is 0.199. The van der Waals surface area contributed by atoms with Crippen molar-refractivity contribution in [3.63, 3.8) is 0 Å². The third kappa shape index (κ3) is 5.20. The molecule has 37 heavy (non-hydrogen) atoms. The van der Waals surface area contributed by atoms with Crippen LogP contribution < -0.4 is 0 Å². The Balaban J connectivity index is 1.21. The maximum Gasteiger partial charge on any atom is 0.410 e. The minimum atomic E-state index is -0.453. The number of benzene rings is 2. The second kappa shape index (κ2) is 9.80. The van der Waals surface area contributed by atoms with E-state index in [1.165, 1.54) is 6.07 Å². The van der Waals surface area contributed by atoms with Crippen molar-refractivity contribution in [1.29, 1.82) is 0 Å². The van der Waals surface area contributed by atoms with Gasteiger partial charge in [-0.25, -0.2) is 19.2 Å². The zero-order valence-electron chi connectivity index (χ0n) is 22.4. The SMILES string of the molecule is Cc1c(F)ccc2[nH]c(-c3ccc4c(ncn4CCCC4CCN(C(=O)OC(C)(C)C)CC4)c3C)nc12. The summed E-state index contributed by atoms with van der Waals surface area (Å²) in [4.78, 5) is 26.9. The average Bonchev–Trinajstić information content (AvgIpc) is 3.46. The number of nitrogens with one attached hydrogen (secondary N) is 1. The zero-order chi connectivity index (χ0) is 26.3. The van der Waals surface area contributed by atoms with Crippen LogP contribution in [0.4, 0.5) is 9.18 Å². The predicted molar refractivity (Wildman–Crippen MR) is 144 cm³/mol. The fraction of sp³-hybridized carbons (Fsp3) is 0.483. The number of hydrogen-bond donors (Lipinski definition) is 1. The van der Waals surface area contributed by atoms with Gasteiger partial charge in [-0.2, -0.15) is 0 Å². The van der Waals surface area contributed by atoms with Gasteiger partial charge in [0.2, 0.25) is 0 Å². The molecule has 0 bridgehead atoms. The van der Waals surface area contributed by atoms with E-state index in [1.807, 2.05) is 32.0 Å². The highest BCUT2D eigenvalue weighted by molar-refractivity contribution is 5.88. The lowest BCUT2D eigenvalue weighted by Gasteiger charge is -2.33. The summed E-state index contributed by atoms with van der Waals surface area (Å²) in [6.45, 7) is 12.0. The number of amides is 1. The molecule has 1 aliphatic heterocycles. The Bertz CT molecular complexity index is 1440. The summed E-state index contributed by atoms with van der Waals surface area (Å²) in [6, 6.07) is 7.39.